The number of hydrogen-bond acceptors (Lipinski definition) is 2. The summed E-state index contributed by atoms with van der Waals surface area (Å²) >= 11 is 0. The molecule has 0 rings (SSSR count). The van der Waals surface area contributed by atoms with Crippen molar-refractivity contribution in [3.63, 3.8) is 0 Å². The van der Waals surface area contributed by atoms with Crippen molar-refractivity contribution < 1.29 is 40.1 Å². The Labute approximate surface area is 84.2 Å². The monoisotopic (exact) mass is 166 g/mol. The Bertz CT molecular complexity index is 179. The third kappa shape index (κ3) is 23.0. The smallest absolute Gasteiger partial charge is 1.00 e. The second-order valence-electron chi connectivity index (χ2n) is 1.63. The van der Waals surface area contributed by atoms with Crippen molar-refractivity contribution in [2.75, 3.05) is 0 Å². The molecule has 0 saturated carbocycles. The van der Waals surface area contributed by atoms with E-state index in [1.54, 1.807) is 0 Å². The van der Waals surface area contributed by atoms with Gasteiger partial charge in [0.1, 0.15) is 0 Å². The van der Waals surface area contributed by atoms with Crippen molar-refractivity contribution in [1.29, 1.82) is 0 Å². The quantitative estimate of drug-likeness (QED) is 0.368. The van der Waals surface area contributed by atoms with E-state index in [-0.39, 0.29) is 25.9 Å². The first-order valence-corrected chi connectivity index (χ1v) is 2.66. The van der Waals surface area contributed by atoms with Crippen LogP contribution in [0.4, 0.5) is 0 Å². The summed E-state index contributed by atoms with van der Waals surface area (Å²) in [4.78, 5) is 18.8. The van der Waals surface area contributed by atoms with Crippen LogP contribution in [0.1, 0.15) is 8.35 Å². The van der Waals surface area contributed by atoms with Gasteiger partial charge < -0.3 is 11.6 Å². The molecule has 0 aromatic heterocycles. The van der Waals surface area contributed by atoms with Gasteiger partial charge in [0.15, 0.2) is 0 Å². The van der Waals surface area contributed by atoms with Gasteiger partial charge in [0.25, 0.3) is 0 Å². The first-order valence-electron chi connectivity index (χ1n) is 2.66. The van der Waals surface area contributed by atoms with Crippen LogP contribution in [0.2, 0.25) is 0 Å². The molecule has 0 heterocycles. The largest absolute Gasteiger partial charge is 1.00 e. The van der Waals surface area contributed by atoms with E-state index >= 15 is 0 Å². The first kappa shape index (κ1) is 17.2. The first-order chi connectivity index (χ1) is 4.91. The molecular weight excluding hydrogens is 155 g/mol. The molecule has 4 nitrogen and oxygen atoms in total. The Hall–Kier alpha value is -0.983. The standard InChI is InChI=1S/C4H6O2.C3H4O2.Li.H/c1-3(2)4(5)6;1-2-3(4)5;;/h1H2,2H3,(H,5,6);2H,1H2,(H,4,5);;/q;;+1;-1. The van der Waals surface area contributed by atoms with Crippen LogP contribution in [0.15, 0.2) is 24.8 Å². The van der Waals surface area contributed by atoms with Crippen molar-refractivity contribution in [3.05, 3.63) is 24.8 Å². The number of carbonyl (C=O) groups is 2. The van der Waals surface area contributed by atoms with Gasteiger partial charge in [0.2, 0.25) is 0 Å². The topological polar surface area (TPSA) is 74.6 Å². The predicted molar refractivity (Wildman–Crippen MR) is 41.4 cm³/mol. The van der Waals surface area contributed by atoms with Crippen LogP contribution in [0.3, 0.4) is 0 Å². The van der Waals surface area contributed by atoms with Crippen molar-refractivity contribution in [3.8, 4) is 0 Å². The van der Waals surface area contributed by atoms with Gasteiger partial charge in [-0.3, -0.25) is 0 Å². The van der Waals surface area contributed by atoms with Gasteiger partial charge in [0, 0.05) is 11.6 Å². The van der Waals surface area contributed by atoms with Crippen molar-refractivity contribution in [1.82, 2.24) is 0 Å². The van der Waals surface area contributed by atoms with E-state index in [0.29, 0.717) is 0 Å². The fourth-order valence-corrected chi connectivity index (χ4v) is 0. The molecule has 0 bridgehead atoms. The number of carboxylic acids is 2. The molecule has 0 aliphatic carbocycles. The summed E-state index contributed by atoms with van der Waals surface area (Å²) in [5.74, 6) is -1.92. The predicted octanol–water partition coefficient (Wildman–Crippen LogP) is -1.98. The Morgan fingerprint density at radius 2 is 1.58 bits per heavy atom. The average Bonchev–Trinajstić information content (AvgIpc) is 1.89. The Kier molecular flexibility index (Phi) is 14.4. The van der Waals surface area contributed by atoms with Gasteiger partial charge in [-0.15, -0.1) is 0 Å². The molecule has 0 aliphatic rings. The molecule has 0 saturated heterocycles. The van der Waals surface area contributed by atoms with E-state index in [4.69, 9.17) is 10.2 Å². The van der Waals surface area contributed by atoms with Crippen molar-refractivity contribution >= 4 is 11.9 Å². The maximum absolute atomic E-state index is 9.60. The van der Waals surface area contributed by atoms with E-state index in [2.05, 4.69) is 13.2 Å². The van der Waals surface area contributed by atoms with Crippen LogP contribution in [0, 0.1) is 0 Å². The summed E-state index contributed by atoms with van der Waals surface area (Å²) in [5.41, 5.74) is 0.176. The molecule has 0 aromatic rings. The van der Waals surface area contributed by atoms with Gasteiger partial charge >= 0.3 is 30.8 Å². The molecule has 0 spiro atoms. The summed E-state index contributed by atoms with van der Waals surface area (Å²) in [6.45, 7) is 7.56. The molecular formula is C7H11LiO4. The molecule has 0 radical (unpaired) electrons. The van der Waals surface area contributed by atoms with Gasteiger partial charge in [-0.2, -0.15) is 0 Å². The second-order valence-corrected chi connectivity index (χ2v) is 1.63. The fraction of sp³-hybridized carbons (Fsp3) is 0.143. The van der Waals surface area contributed by atoms with Gasteiger partial charge in [-0.25, -0.2) is 9.59 Å². The van der Waals surface area contributed by atoms with Crippen LogP contribution in [0.5, 0.6) is 0 Å². The van der Waals surface area contributed by atoms with E-state index < -0.39 is 11.9 Å². The maximum atomic E-state index is 9.60. The zero-order valence-corrected chi connectivity index (χ0v) is 7.20. The normalized spacial score (nSPS) is 6.42. The Morgan fingerprint density at radius 3 is 1.58 bits per heavy atom. The zero-order chi connectivity index (χ0) is 9.44. The van der Waals surface area contributed by atoms with Crippen LogP contribution in [-0.2, 0) is 9.59 Å². The SMILES string of the molecule is C=C(C)C(=O)O.C=CC(=O)O.[H-].[Li+]. The van der Waals surface area contributed by atoms with E-state index in [9.17, 15) is 9.59 Å². The third-order valence-electron chi connectivity index (χ3n) is 0.540. The molecule has 0 unspecified atom stereocenters. The molecule has 2 N–H and O–H groups in total. The zero-order valence-electron chi connectivity index (χ0n) is 8.20. The van der Waals surface area contributed by atoms with E-state index in [1.807, 2.05) is 0 Å². The van der Waals surface area contributed by atoms with E-state index in [1.165, 1.54) is 6.92 Å². The molecule has 0 aliphatic heterocycles. The van der Waals surface area contributed by atoms with Crippen LogP contribution >= 0.6 is 0 Å². The Balaban J connectivity index is -0.0000000546. The van der Waals surface area contributed by atoms with Crippen molar-refractivity contribution in [2.45, 2.75) is 6.92 Å². The summed E-state index contributed by atoms with van der Waals surface area (Å²) in [5, 5.41) is 15.5. The number of carboxylic acid groups (broad SMARTS) is 2. The van der Waals surface area contributed by atoms with Gasteiger partial charge in [-0.05, 0) is 6.92 Å². The van der Waals surface area contributed by atoms with E-state index in [0.717, 1.165) is 6.08 Å². The third-order valence-corrected chi connectivity index (χ3v) is 0.540. The number of aliphatic carboxylic acids is 2. The van der Waals surface area contributed by atoms with Crippen LogP contribution < -0.4 is 18.9 Å². The molecule has 12 heavy (non-hydrogen) atoms. The second kappa shape index (κ2) is 10.0. The minimum absolute atomic E-state index is 0. The molecule has 64 valence electrons. The molecule has 0 amide bonds. The molecule has 5 heteroatoms. The molecule has 0 atom stereocenters. The molecule has 0 aromatic carbocycles. The van der Waals surface area contributed by atoms with Crippen molar-refractivity contribution in [2.24, 2.45) is 0 Å². The Morgan fingerprint density at radius 1 is 1.42 bits per heavy atom. The average molecular weight is 166 g/mol. The fourth-order valence-electron chi connectivity index (χ4n) is 0. The van der Waals surface area contributed by atoms with Gasteiger partial charge in [-0.1, -0.05) is 13.2 Å². The minimum Gasteiger partial charge on any atom is -1.00 e. The minimum atomic E-state index is -0.981. The van der Waals surface area contributed by atoms with Gasteiger partial charge in [0.05, 0.1) is 0 Å². The summed E-state index contributed by atoms with van der Waals surface area (Å²) < 4.78 is 0. The number of rotatable bonds is 2. The van der Waals surface area contributed by atoms with Crippen LogP contribution in [-0.4, -0.2) is 22.2 Å². The summed E-state index contributed by atoms with van der Waals surface area (Å²) in [6, 6.07) is 0. The summed E-state index contributed by atoms with van der Waals surface area (Å²) in [6.07, 6.45) is 0.833. The number of hydrogen-bond donors (Lipinski definition) is 2. The van der Waals surface area contributed by atoms with Crippen LogP contribution in [0.25, 0.3) is 0 Å². The maximum Gasteiger partial charge on any atom is 1.00 e. The summed E-state index contributed by atoms with van der Waals surface area (Å²) in [7, 11) is 0. The molecule has 0 fully saturated rings.